The zero-order valence-corrected chi connectivity index (χ0v) is 10.6. The van der Waals surface area contributed by atoms with Gasteiger partial charge in [0.15, 0.2) is 5.78 Å². The number of ether oxygens (including phenoxy) is 2. The Balaban J connectivity index is 2.34. The predicted octanol–water partition coefficient (Wildman–Crippen LogP) is 0.440. The molecule has 0 radical (unpaired) electrons. The van der Waals surface area contributed by atoms with Gasteiger partial charge in [-0.2, -0.15) is 0 Å². The number of rotatable bonds is 5. The standard InChI is InChI=1S/C13H13NO5/c1-18-7-8(15)6-14-11-5-9(19-2)3-4-10(11)12(16)13(14)17/h3-5H,6-7H2,1-2H3. The van der Waals surface area contributed by atoms with Crippen LogP contribution in [-0.4, -0.2) is 44.8 Å². The topological polar surface area (TPSA) is 72.9 Å². The number of Topliss-reactive ketones (excluding diaryl/α,β-unsaturated/α-hetero) is 2. The zero-order chi connectivity index (χ0) is 14.0. The fraction of sp³-hybridized carbons (Fsp3) is 0.308. The van der Waals surface area contributed by atoms with Gasteiger partial charge in [0.05, 0.1) is 24.9 Å². The maximum atomic E-state index is 11.8. The molecule has 100 valence electrons. The molecule has 1 aromatic carbocycles. The maximum Gasteiger partial charge on any atom is 0.299 e. The molecule has 1 aliphatic heterocycles. The number of methoxy groups -OCH3 is 2. The number of ketones is 2. The zero-order valence-electron chi connectivity index (χ0n) is 10.6. The molecule has 0 N–H and O–H groups in total. The van der Waals surface area contributed by atoms with Gasteiger partial charge in [0.25, 0.3) is 11.7 Å². The maximum absolute atomic E-state index is 11.8. The molecule has 1 amide bonds. The predicted molar refractivity (Wildman–Crippen MR) is 66.6 cm³/mol. The first kappa shape index (κ1) is 13.2. The SMILES string of the molecule is COCC(=O)CN1C(=O)C(=O)c2ccc(OC)cc21. The van der Waals surface area contributed by atoms with Crippen LogP contribution in [0, 0.1) is 0 Å². The van der Waals surface area contributed by atoms with Crippen molar-refractivity contribution in [2.75, 3.05) is 32.3 Å². The van der Waals surface area contributed by atoms with Crippen molar-refractivity contribution in [2.24, 2.45) is 0 Å². The third-order valence-corrected chi connectivity index (χ3v) is 2.82. The number of hydrogen-bond acceptors (Lipinski definition) is 5. The van der Waals surface area contributed by atoms with Crippen LogP contribution in [0.2, 0.25) is 0 Å². The minimum absolute atomic E-state index is 0.0999. The van der Waals surface area contributed by atoms with E-state index >= 15 is 0 Å². The molecule has 0 saturated heterocycles. The van der Waals surface area contributed by atoms with Crippen molar-refractivity contribution in [1.82, 2.24) is 0 Å². The van der Waals surface area contributed by atoms with Gasteiger partial charge in [-0.1, -0.05) is 0 Å². The fourth-order valence-electron chi connectivity index (χ4n) is 1.94. The molecule has 6 nitrogen and oxygen atoms in total. The van der Waals surface area contributed by atoms with Crippen LogP contribution >= 0.6 is 0 Å². The van der Waals surface area contributed by atoms with Gasteiger partial charge < -0.3 is 9.47 Å². The molecule has 1 heterocycles. The van der Waals surface area contributed by atoms with Crippen molar-refractivity contribution in [3.05, 3.63) is 23.8 Å². The first-order valence-electron chi connectivity index (χ1n) is 5.63. The quantitative estimate of drug-likeness (QED) is 0.721. The van der Waals surface area contributed by atoms with Crippen LogP contribution in [0.25, 0.3) is 0 Å². The van der Waals surface area contributed by atoms with Gasteiger partial charge in [0.1, 0.15) is 12.4 Å². The van der Waals surface area contributed by atoms with Crippen LogP contribution in [0.3, 0.4) is 0 Å². The van der Waals surface area contributed by atoms with Gasteiger partial charge in [0, 0.05) is 13.2 Å². The van der Waals surface area contributed by atoms with Gasteiger partial charge >= 0.3 is 0 Å². The smallest absolute Gasteiger partial charge is 0.299 e. The van der Waals surface area contributed by atoms with E-state index in [9.17, 15) is 14.4 Å². The van der Waals surface area contributed by atoms with Crippen LogP contribution in [-0.2, 0) is 14.3 Å². The van der Waals surface area contributed by atoms with E-state index in [4.69, 9.17) is 9.47 Å². The third-order valence-electron chi connectivity index (χ3n) is 2.82. The molecule has 2 rings (SSSR count). The van der Waals surface area contributed by atoms with Crippen LogP contribution in [0.5, 0.6) is 5.75 Å². The molecule has 6 heteroatoms. The van der Waals surface area contributed by atoms with Crippen molar-refractivity contribution in [3.63, 3.8) is 0 Å². The Morgan fingerprint density at radius 2 is 2.00 bits per heavy atom. The van der Waals surface area contributed by atoms with Crippen molar-refractivity contribution in [2.45, 2.75) is 0 Å². The number of benzene rings is 1. The average Bonchev–Trinajstić information content (AvgIpc) is 2.64. The Bertz CT molecular complexity index is 552. The lowest BCUT2D eigenvalue weighted by atomic mass is 10.1. The second-order valence-electron chi connectivity index (χ2n) is 4.08. The van der Waals surface area contributed by atoms with E-state index in [1.807, 2.05) is 0 Å². The lowest BCUT2D eigenvalue weighted by molar-refractivity contribution is -0.123. The summed E-state index contributed by atoms with van der Waals surface area (Å²) in [7, 11) is 2.88. The number of hydrogen-bond donors (Lipinski definition) is 0. The Hall–Kier alpha value is -2.21. The van der Waals surface area contributed by atoms with Crippen molar-refractivity contribution < 1.29 is 23.9 Å². The Morgan fingerprint density at radius 3 is 2.63 bits per heavy atom. The summed E-state index contributed by atoms with van der Waals surface area (Å²) in [5.74, 6) is -1.07. The van der Waals surface area contributed by atoms with Crippen molar-refractivity contribution >= 4 is 23.2 Å². The Labute approximate surface area is 109 Å². The van der Waals surface area contributed by atoms with E-state index in [2.05, 4.69) is 0 Å². The lowest BCUT2D eigenvalue weighted by Crippen LogP contribution is -2.35. The van der Waals surface area contributed by atoms with Crippen LogP contribution in [0.15, 0.2) is 18.2 Å². The Kier molecular flexibility index (Phi) is 3.62. The molecule has 0 spiro atoms. The van der Waals surface area contributed by atoms with Crippen molar-refractivity contribution in [3.8, 4) is 5.75 Å². The Morgan fingerprint density at radius 1 is 1.26 bits per heavy atom. The summed E-state index contributed by atoms with van der Waals surface area (Å²) in [5, 5.41) is 0. The second-order valence-corrected chi connectivity index (χ2v) is 4.08. The normalized spacial score (nSPS) is 13.7. The van der Waals surface area contributed by atoms with Gasteiger partial charge in [-0.05, 0) is 12.1 Å². The molecule has 0 fully saturated rings. The summed E-state index contributed by atoms with van der Waals surface area (Å²) < 4.78 is 9.76. The van der Waals surface area contributed by atoms with Crippen molar-refractivity contribution in [1.29, 1.82) is 0 Å². The van der Waals surface area contributed by atoms with Crippen LogP contribution in [0.1, 0.15) is 10.4 Å². The molecule has 0 bridgehead atoms. The molecular formula is C13H13NO5. The molecule has 19 heavy (non-hydrogen) atoms. The number of carbonyl (C=O) groups excluding carboxylic acids is 3. The van der Waals surface area contributed by atoms with E-state index in [0.717, 1.165) is 4.90 Å². The fourth-order valence-corrected chi connectivity index (χ4v) is 1.94. The minimum Gasteiger partial charge on any atom is -0.497 e. The van der Waals surface area contributed by atoms with Gasteiger partial charge in [-0.3, -0.25) is 19.3 Å². The van der Waals surface area contributed by atoms with E-state index in [-0.39, 0.29) is 24.5 Å². The number of carbonyl (C=O) groups is 3. The lowest BCUT2D eigenvalue weighted by Gasteiger charge is -2.15. The highest BCUT2D eigenvalue weighted by Crippen LogP contribution is 2.32. The van der Waals surface area contributed by atoms with Crippen LogP contribution < -0.4 is 9.64 Å². The highest BCUT2D eigenvalue weighted by atomic mass is 16.5. The summed E-state index contributed by atoms with van der Waals surface area (Å²) >= 11 is 0. The molecule has 0 saturated carbocycles. The molecule has 1 aliphatic rings. The summed E-state index contributed by atoms with van der Waals surface area (Å²) in [6, 6.07) is 4.69. The summed E-state index contributed by atoms with van der Waals surface area (Å²) in [5.41, 5.74) is 0.690. The van der Waals surface area contributed by atoms with Gasteiger partial charge in [-0.15, -0.1) is 0 Å². The molecule has 0 atom stereocenters. The number of nitrogens with zero attached hydrogens (tertiary/aromatic N) is 1. The number of anilines is 1. The molecule has 0 aliphatic carbocycles. The summed E-state index contributed by atoms with van der Waals surface area (Å²) in [4.78, 5) is 36.3. The van der Waals surface area contributed by atoms with E-state index in [1.165, 1.54) is 20.3 Å². The number of amides is 1. The van der Waals surface area contributed by atoms with E-state index in [1.54, 1.807) is 12.1 Å². The first-order chi connectivity index (χ1) is 9.08. The van der Waals surface area contributed by atoms with Gasteiger partial charge in [0.2, 0.25) is 0 Å². The average molecular weight is 263 g/mol. The molecule has 0 aromatic heterocycles. The third kappa shape index (κ3) is 2.34. The van der Waals surface area contributed by atoms with Gasteiger partial charge in [-0.25, -0.2) is 0 Å². The van der Waals surface area contributed by atoms with E-state index < -0.39 is 11.7 Å². The second kappa shape index (κ2) is 5.19. The molecular weight excluding hydrogens is 250 g/mol. The largest absolute Gasteiger partial charge is 0.497 e. The minimum atomic E-state index is -0.701. The highest BCUT2D eigenvalue weighted by Gasteiger charge is 2.36. The number of fused-ring (bicyclic) bond motifs is 1. The summed E-state index contributed by atoms with van der Waals surface area (Å²) in [6.45, 7) is -0.282. The first-order valence-corrected chi connectivity index (χ1v) is 5.63. The highest BCUT2D eigenvalue weighted by molar-refractivity contribution is 6.52. The molecule has 1 aromatic rings. The summed E-state index contributed by atoms with van der Waals surface area (Å²) in [6.07, 6.45) is 0. The van der Waals surface area contributed by atoms with Crippen LogP contribution in [0.4, 0.5) is 5.69 Å². The molecule has 0 unspecified atom stereocenters. The monoisotopic (exact) mass is 263 g/mol. The van der Waals surface area contributed by atoms with E-state index in [0.29, 0.717) is 11.4 Å².